The van der Waals surface area contributed by atoms with Crippen molar-refractivity contribution in [3.8, 4) is 28.7 Å². The first kappa shape index (κ1) is 32.0. The van der Waals surface area contributed by atoms with E-state index in [-0.39, 0.29) is 6.04 Å². The van der Waals surface area contributed by atoms with Crippen LogP contribution in [-0.4, -0.2) is 39.3 Å². The largest absolute Gasteiger partial charge is 0.493 e. The summed E-state index contributed by atoms with van der Waals surface area (Å²) in [6.07, 6.45) is 2.66. The first-order valence-corrected chi connectivity index (χ1v) is 16.2. The first-order chi connectivity index (χ1) is 23.1. The number of benzene rings is 5. The Bertz CT molecular complexity index is 1700. The van der Waals surface area contributed by atoms with E-state index in [2.05, 4.69) is 83.8 Å². The van der Waals surface area contributed by atoms with Gasteiger partial charge in [0, 0.05) is 19.1 Å². The van der Waals surface area contributed by atoms with Gasteiger partial charge in [0.05, 0.1) is 21.3 Å². The average Bonchev–Trinajstić information content (AvgIpc) is 3.13. The Morgan fingerprint density at radius 1 is 0.574 bits per heavy atom. The predicted octanol–water partition coefficient (Wildman–Crippen LogP) is 8.26. The van der Waals surface area contributed by atoms with Gasteiger partial charge in [-0.2, -0.15) is 0 Å². The van der Waals surface area contributed by atoms with Gasteiger partial charge in [-0.1, -0.05) is 91.0 Å². The van der Waals surface area contributed by atoms with E-state index in [1.165, 1.54) is 16.7 Å². The Hall–Kier alpha value is -4.94. The molecule has 5 aromatic rings. The summed E-state index contributed by atoms with van der Waals surface area (Å²) >= 11 is 0. The summed E-state index contributed by atoms with van der Waals surface area (Å²) in [6, 6.07) is 39.9. The monoisotopic (exact) mass is 629 g/mol. The zero-order chi connectivity index (χ0) is 32.4. The van der Waals surface area contributed by atoms with Gasteiger partial charge in [0.25, 0.3) is 0 Å². The molecule has 0 saturated heterocycles. The second-order valence-electron chi connectivity index (χ2n) is 11.8. The molecule has 0 N–H and O–H groups in total. The van der Waals surface area contributed by atoms with E-state index in [1.807, 2.05) is 36.4 Å². The molecule has 6 rings (SSSR count). The van der Waals surface area contributed by atoms with Crippen molar-refractivity contribution < 1.29 is 23.7 Å². The van der Waals surface area contributed by atoms with Crippen LogP contribution >= 0.6 is 0 Å². The molecule has 1 aliphatic heterocycles. The third kappa shape index (κ3) is 7.90. The van der Waals surface area contributed by atoms with Gasteiger partial charge in [-0.05, 0) is 76.9 Å². The van der Waals surface area contributed by atoms with Crippen LogP contribution in [0.15, 0.2) is 115 Å². The summed E-state index contributed by atoms with van der Waals surface area (Å²) in [7, 11) is 4.96. The Morgan fingerprint density at radius 2 is 1.11 bits per heavy atom. The molecule has 0 spiro atoms. The molecule has 0 saturated carbocycles. The number of hydrogen-bond acceptors (Lipinski definition) is 6. The summed E-state index contributed by atoms with van der Waals surface area (Å²) in [4.78, 5) is 2.60. The highest BCUT2D eigenvalue weighted by Crippen LogP contribution is 2.43. The normalized spacial score (nSPS) is 14.2. The second-order valence-corrected chi connectivity index (χ2v) is 11.8. The van der Waals surface area contributed by atoms with Crippen molar-refractivity contribution >= 4 is 0 Å². The quantitative estimate of drug-likeness (QED) is 0.123. The Labute approximate surface area is 278 Å². The molecule has 0 radical (unpaired) electrons. The fourth-order valence-electron chi connectivity index (χ4n) is 6.36. The van der Waals surface area contributed by atoms with Crippen LogP contribution in [0.2, 0.25) is 0 Å². The molecule has 1 heterocycles. The molecule has 242 valence electrons. The van der Waals surface area contributed by atoms with Crippen molar-refractivity contribution in [1.82, 2.24) is 4.90 Å². The van der Waals surface area contributed by atoms with Crippen LogP contribution in [0.4, 0.5) is 0 Å². The molecular weight excluding hydrogens is 586 g/mol. The number of nitrogens with zero attached hydrogens (tertiary/aromatic N) is 1. The third-order valence-corrected chi connectivity index (χ3v) is 8.83. The maximum atomic E-state index is 6.54. The Morgan fingerprint density at radius 3 is 1.64 bits per heavy atom. The zero-order valence-corrected chi connectivity index (χ0v) is 27.5. The lowest BCUT2D eigenvalue weighted by molar-refractivity contribution is 0.183. The van der Waals surface area contributed by atoms with Crippen molar-refractivity contribution in [3.63, 3.8) is 0 Å². The van der Waals surface area contributed by atoms with Gasteiger partial charge >= 0.3 is 0 Å². The second kappa shape index (κ2) is 15.6. The van der Waals surface area contributed by atoms with Gasteiger partial charge in [0.2, 0.25) is 5.75 Å². The lowest BCUT2D eigenvalue weighted by atomic mass is 9.87. The molecule has 1 aliphatic rings. The summed E-state index contributed by atoms with van der Waals surface area (Å²) in [5.74, 6) is 3.44. The Kier molecular flexibility index (Phi) is 10.6. The van der Waals surface area contributed by atoms with Crippen molar-refractivity contribution in [3.05, 3.63) is 149 Å². The van der Waals surface area contributed by atoms with E-state index in [4.69, 9.17) is 23.7 Å². The number of methoxy groups -OCH3 is 3. The molecule has 0 aromatic heterocycles. The van der Waals surface area contributed by atoms with E-state index in [0.717, 1.165) is 60.5 Å². The van der Waals surface area contributed by atoms with Crippen molar-refractivity contribution in [2.75, 3.05) is 34.4 Å². The van der Waals surface area contributed by atoms with Crippen LogP contribution in [0.5, 0.6) is 28.7 Å². The van der Waals surface area contributed by atoms with Gasteiger partial charge in [0.15, 0.2) is 23.0 Å². The molecule has 6 nitrogen and oxygen atoms in total. The standard InChI is InChI=1S/C41H43NO5/c1-43-39-24-33(25-40(44-2)41(39)45-3)23-36-35-27-38(47-29-32-17-11-6-12-18-32)37(46-28-31-15-9-5-10-16-31)26-34(35)20-22-42(36)21-19-30-13-7-4-8-14-30/h4-18,24-27,36H,19-23,28-29H2,1-3H3. The van der Waals surface area contributed by atoms with Crippen LogP contribution in [-0.2, 0) is 32.5 Å². The molecule has 0 amide bonds. The SMILES string of the molecule is COc1cc(CC2c3cc(OCc4ccccc4)c(OCc4ccccc4)cc3CCN2CCc2ccccc2)cc(OC)c1OC. The van der Waals surface area contributed by atoms with E-state index in [1.54, 1.807) is 21.3 Å². The van der Waals surface area contributed by atoms with Crippen molar-refractivity contribution in [2.24, 2.45) is 0 Å². The molecule has 0 bridgehead atoms. The van der Waals surface area contributed by atoms with E-state index in [9.17, 15) is 0 Å². The van der Waals surface area contributed by atoms with Gasteiger partial charge in [-0.3, -0.25) is 4.90 Å². The maximum Gasteiger partial charge on any atom is 0.203 e. The van der Waals surface area contributed by atoms with Crippen LogP contribution in [0.1, 0.15) is 39.4 Å². The zero-order valence-electron chi connectivity index (χ0n) is 27.5. The summed E-state index contributed by atoms with van der Waals surface area (Å²) in [5, 5.41) is 0. The average molecular weight is 630 g/mol. The number of ether oxygens (including phenoxy) is 5. The Balaban J connectivity index is 1.37. The fourth-order valence-corrected chi connectivity index (χ4v) is 6.36. The smallest absolute Gasteiger partial charge is 0.203 e. The highest BCUT2D eigenvalue weighted by molar-refractivity contribution is 5.55. The lowest BCUT2D eigenvalue weighted by Crippen LogP contribution is -2.38. The van der Waals surface area contributed by atoms with Crippen LogP contribution in [0.25, 0.3) is 0 Å². The number of fused-ring (bicyclic) bond motifs is 1. The third-order valence-electron chi connectivity index (χ3n) is 8.83. The minimum atomic E-state index is 0.104. The van der Waals surface area contributed by atoms with E-state index in [0.29, 0.717) is 30.5 Å². The fraction of sp³-hybridized carbons (Fsp3) is 0.268. The molecule has 1 unspecified atom stereocenters. The first-order valence-electron chi connectivity index (χ1n) is 16.2. The minimum Gasteiger partial charge on any atom is -0.493 e. The number of rotatable bonds is 14. The van der Waals surface area contributed by atoms with Gasteiger partial charge in [0.1, 0.15) is 13.2 Å². The maximum absolute atomic E-state index is 6.54. The molecule has 0 aliphatic carbocycles. The number of hydrogen-bond donors (Lipinski definition) is 0. The van der Waals surface area contributed by atoms with Crippen molar-refractivity contribution in [2.45, 2.75) is 38.5 Å². The highest BCUT2D eigenvalue weighted by Gasteiger charge is 2.30. The molecule has 5 aromatic carbocycles. The molecule has 6 heteroatoms. The molecule has 1 atom stereocenters. The highest BCUT2D eigenvalue weighted by atomic mass is 16.5. The molecular formula is C41H43NO5. The summed E-state index contributed by atoms with van der Waals surface area (Å²) < 4.78 is 30.1. The van der Waals surface area contributed by atoms with Crippen LogP contribution in [0, 0.1) is 0 Å². The lowest BCUT2D eigenvalue weighted by Gasteiger charge is -2.38. The van der Waals surface area contributed by atoms with Gasteiger partial charge in [-0.25, -0.2) is 0 Å². The van der Waals surface area contributed by atoms with Gasteiger partial charge < -0.3 is 23.7 Å². The van der Waals surface area contributed by atoms with Crippen LogP contribution < -0.4 is 23.7 Å². The topological polar surface area (TPSA) is 49.4 Å². The van der Waals surface area contributed by atoms with Crippen molar-refractivity contribution in [1.29, 1.82) is 0 Å². The predicted molar refractivity (Wildman–Crippen MR) is 186 cm³/mol. The van der Waals surface area contributed by atoms with Crippen LogP contribution in [0.3, 0.4) is 0 Å². The summed E-state index contributed by atoms with van der Waals surface area (Å²) in [6.45, 7) is 2.80. The summed E-state index contributed by atoms with van der Waals surface area (Å²) in [5.41, 5.74) is 7.21. The van der Waals surface area contributed by atoms with E-state index < -0.39 is 0 Å². The molecule has 47 heavy (non-hydrogen) atoms. The minimum absolute atomic E-state index is 0.104. The molecule has 0 fully saturated rings. The van der Waals surface area contributed by atoms with Gasteiger partial charge in [-0.15, -0.1) is 0 Å². The van der Waals surface area contributed by atoms with E-state index >= 15 is 0 Å².